The summed E-state index contributed by atoms with van der Waals surface area (Å²) in [5.74, 6) is 1.52. The SMILES string of the molecule is Cc1ccc(S(=O)(=O)N2CC(CN3CCNCC3)c3ccc(-n4c(-c5cccnc5N)nc5ccc(-n6cccn6)nc54)cc32)cc1. The van der Waals surface area contributed by atoms with E-state index in [2.05, 4.69) is 26.4 Å². The number of nitrogen functional groups attached to an aromatic ring is 1. The Morgan fingerprint density at radius 2 is 1.79 bits per heavy atom. The van der Waals surface area contributed by atoms with E-state index in [1.54, 1.807) is 33.5 Å². The van der Waals surface area contributed by atoms with Crippen molar-refractivity contribution >= 4 is 32.7 Å². The molecule has 47 heavy (non-hydrogen) atoms. The van der Waals surface area contributed by atoms with E-state index in [9.17, 15) is 8.42 Å². The average Bonchev–Trinajstić information content (AvgIpc) is 3.84. The first-order valence-electron chi connectivity index (χ1n) is 15.6. The Morgan fingerprint density at radius 3 is 2.55 bits per heavy atom. The lowest BCUT2D eigenvalue weighted by molar-refractivity contribution is 0.230. The van der Waals surface area contributed by atoms with Crippen LogP contribution < -0.4 is 15.4 Å². The monoisotopic (exact) mass is 646 g/mol. The minimum Gasteiger partial charge on any atom is -0.383 e. The van der Waals surface area contributed by atoms with Crippen LogP contribution in [0, 0.1) is 6.92 Å². The molecule has 13 heteroatoms. The van der Waals surface area contributed by atoms with E-state index in [0.717, 1.165) is 43.9 Å². The number of sulfonamides is 1. The van der Waals surface area contributed by atoms with E-state index in [-0.39, 0.29) is 10.8 Å². The molecule has 1 saturated heterocycles. The summed E-state index contributed by atoms with van der Waals surface area (Å²) in [6, 6.07) is 22.4. The number of piperazine rings is 1. The van der Waals surface area contributed by atoms with Crippen LogP contribution >= 0.6 is 0 Å². The zero-order chi connectivity index (χ0) is 32.1. The van der Waals surface area contributed by atoms with E-state index in [0.29, 0.717) is 52.1 Å². The van der Waals surface area contributed by atoms with Gasteiger partial charge in [0.15, 0.2) is 17.3 Å². The number of hydrogen-bond donors (Lipinski definition) is 2. The third kappa shape index (κ3) is 5.22. The van der Waals surface area contributed by atoms with Gasteiger partial charge in [0.1, 0.15) is 11.3 Å². The van der Waals surface area contributed by atoms with Crippen molar-refractivity contribution < 1.29 is 8.42 Å². The lowest BCUT2D eigenvalue weighted by Gasteiger charge is -2.29. The third-order valence-electron chi connectivity index (χ3n) is 8.97. The topological polar surface area (TPSA) is 140 Å². The highest BCUT2D eigenvalue weighted by Gasteiger charge is 2.38. The van der Waals surface area contributed by atoms with Crippen LogP contribution in [0.2, 0.25) is 0 Å². The summed E-state index contributed by atoms with van der Waals surface area (Å²) in [5.41, 5.74) is 11.6. The standard InChI is InChI=1S/C34H34N10O2S/c1-23-5-8-26(9-6-23)47(45,46)43-22-24(21-41-18-15-36-16-19-41)27-10-7-25(20-30(27)43)44-33(28-4-2-13-37-32(28)35)39-29-11-12-31(40-34(29)44)42-17-3-14-38-42/h2-14,17,20,24,36H,15-16,18-19,21-22H2,1H3,(H2,35,37). The van der Waals surface area contributed by atoms with Crippen molar-refractivity contribution in [2.24, 2.45) is 0 Å². The van der Waals surface area contributed by atoms with Crippen LogP contribution in [-0.4, -0.2) is 81.9 Å². The van der Waals surface area contributed by atoms with Crippen molar-refractivity contribution in [3.8, 4) is 22.9 Å². The van der Waals surface area contributed by atoms with Gasteiger partial charge in [0.05, 0.1) is 21.8 Å². The molecular weight excluding hydrogens is 613 g/mol. The number of anilines is 2. The highest BCUT2D eigenvalue weighted by molar-refractivity contribution is 7.92. The van der Waals surface area contributed by atoms with Crippen molar-refractivity contribution in [3.05, 3.63) is 103 Å². The van der Waals surface area contributed by atoms with Gasteiger partial charge in [-0.15, -0.1) is 0 Å². The highest BCUT2D eigenvalue weighted by Crippen LogP contribution is 2.42. The van der Waals surface area contributed by atoms with Crippen LogP contribution in [0.3, 0.4) is 0 Å². The number of nitrogens with zero attached hydrogens (tertiary/aromatic N) is 8. The maximum atomic E-state index is 14.3. The molecule has 0 radical (unpaired) electrons. The molecule has 8 rings (SSSR count). The third-order valence-corrected chi connectivity index (χ3v) is 10.8. The molecule has 2 aliphatic rings. The summed E-state index contributed by atoms with van der Waals surface area (Å²) >= 11 is 0. The van der Waals surface area contributed by atoms with Crippen molar-refractivity contribution in [3.63, 3.8) is 0 Å². The molecule has 6 heterocycles. The van der Waals surface area contributed by atoms with E-state index in [4.69, 9.17) is 15.7 Å². The van der Waals surface area contributed by atoms with E-state index < -0.39 is 10.0 Å². The lowest BCUT2D eigenvalue weighted by Crippen LogP contribution is -2.45. The molecule has 0 amide bonds. The van der Waals surface area contributed by atoms with Crippen molar-refractivity contribution in [1.29, 1.82) is 0 Å². The number of nitrogens with one attached hydrogen (secondary N) is 1. The van der Waals surface area contributed by atoms with Gasteiger partial charge in [-0.05, 0) is 67.1 Å². The fraction of sp³-hybridized carbons (Fsp3) is 0.235. The Labute approximate surface area is 272 Å². The van der Waals surface area contributed by atoms with Crippen molar-refractivity contribution in [2.75, 3.05) is 49.3 Å². The van der Waals surface area contributed by atoms with Crippen LogP contribution in [-0.2, 0) is 10.0 Å². The summed E-state index contributed by atoms with van der Waals surface area (Å²) in [5, 5.41) is 7.77. The van der Waals surface area contributed by atoms with Gasteiger partial charge in [0.2, 0.25) is 0 Å². The van der Waals surface area contributed by atoms with Gasteiger partial charge in [-0.3, -0.25) is 8.87 Å². The average molecular weight is 647 g/mol. The first-order valence-corrected chi connectivity index (χ1v) is 17.1. The summed E-state index contributed by atoms with van der Waals surface area (Å²) in [6.07, 6.45) is 5.17. The summed E-state index contributed by atoms with van der Waals surface area (Å²) in [7, 11) is -3.86. The number of hydrogen-bond acceptors (Lipinski definition) is 9. The Kier molecular flexibility index (Phi) is 7.23. The minimum absolute atomic E-state index is 0.00915. The molecule has 1 atom stereocenters. The molecule has 6 aromatic rings. The molecule has 2 aromatic carbocycles. The molecule has 12 nitrogen and oxygen atoms in total. The van der Waals surface area contributed by atoms with Crippen LogP contribution in [0.1, 0.15) is 17.0 Å². The maximum absolute atomic E-state index is 14.3. The summed E-state index contributed by atoms with van der Waals surface area (Å²) in [6.45, 7) is 6.77. The zero-order valence-corrected chi connectivity index (χ0v) is 26.7. The van der Waals surface area contributed by atoms with Gasteiger partial charge in [-0.2, -0.15) is 5.10 Å². The van der Waals surface area contributed by atoms with Crippen LogP contribution in [0.15, 0.2) is 96.3 Å². The second-order valence-corrected chi connectivity index (χ2v) is 13.9. The molecule has 0 saturated carbocycles. The van der Waals surface area contributed by atoms with Crippen LogP contribution in [0.25, 0.3) is 34.1 Å². The van der Waals surface area contributed by atoms with Crippen molar-refractivity contribution in [2.45, 2.75) is 17.7 Å². The first-order chi connectivity index (χ1) is 22.9. The number of pyridine rings is 2. The number of nitrogens with two attached hydrogens (primary N) is 1. The molecule has 3 N–H and O–H groups in total. The smallest absolute Gasteiger partial charge is 0.264 e. The number of benzene rings is 2. The fourth-order valence-corrected chi connectivity index (χ4v) is 8.09. The lowest BCUT2D eigenvalue weighted by atomic mass is 10.00. The fourth-order valence-electron chi connectivity index (χ4n) is 6.57. The summed E-state index contributed by atoms with van der Waals surface area (Å²) < 4.78 is 33.8. The number of aromatic nitrogens is 6. The number of aryl methyl sites for hydroxylation is 1. The van der Waals surface area contributed by atoms with E-state index in [1.807, 2.05) is 72.3 Å². The molecule has 4 aromatic heterocycles. The zero-order valence-electron chi connectivity index (χ0n) is 25.9. The van der Waals surface area contributed by atoms with Crippen LogP contribution in [0.4, 0.5) is 11.5 Å². The molecule has 0 spiro atoms. The molecule has 0 aliphatic carbocycles. The molecule has 1 fully saturated rings. The van der Waals surface area contributed by atoms with Gasteiger partial charge in [0, 0.05) is 63.8 Å². The van der Waals surface area contributed by atoms with Gasteiger partial charge in [0.25, 0.3) is 10.0 Å². The highest BCUT2D eigenvalue weighted by atomic mass is 32.2. The second-order valence-electron chi connectivity index (χ2n) is 12.0. The van der Waals surface area contributed by atoms with Crippen LogP contribution in [0.5, 0.6) is 0 Å². The predicted octanol–water partition coefficient (Wildman–Crippen LogP) is 3.76. The normalized spacial score (nSPS) is 17.0. The van der Waals surface area contributed by atoms with Gasteiger partial charge >= 0.3 is 0 Å². The number of imidazole rings is 1. The Morgan fingerprint density at radius 1 is 0.957 bits per heavy atom. The number of fused-ring (bicyclic) bond motifs is 2. The van der Waals surface area contributed by atoms with Crippen molar-refractivity contribution in [1.82, 2.24) is 39.5 Å². The number of rotatable bonds is 7. The quantitative estimate of drug-likeness (QED) is 0.265. The molecular formula is C34H34N10O2S. The summed E-state index contributed by atoms with van der Waals surface area (Å²) in [4.78, 5) is 16.9. The van der Waals surface area contributed by atoms with E-state index in [1.165, 1.54) is 0 Å². The Balaban J connectivity index is 1.31. The molecule has 2 aliphatic heterocycles. The molecule has 1 unspecified atom stereocenters. The molecule has 0 bridgehead atoms. The van der Waals surface area contributed by atoms with E-state index >= 15 is 0 Å². The largest absolute Gasteiger partial charge is 0.383 e. The maximum Gasteiger partial charge on any atom is 0.264 e. The minimum atomic E-state index is -3.86. The molecule has 238 valence electrons. The van der Waals surface area contributed by atoms with Gasteiger partial charge in [-0.1, -0.05) is 23.8 Å². The second kappa shape index (κ2) is 11.6. The van der Waals surface area contributed by atoms with Gasteiger partial charge in [-0.25, -0.2) is 28.1 Å². The Hall–Kier alpha value is -5.11. The Bertz CT molecular complexity index is 2190. The van der Waals surface area contributed by atoms with Gasteiger partial charge < -0.3 is 16.0 Å². The first kappa shape index (κ1) is 29.3. The predicted molar refractivity (Wildman–Crippen MR) is 181 cm³/mol.